The Hall–Kier alpha value is 0. The van der Waals surface area contributed by atoms with Crippen LogP contribution >= 0.6 is 0 Å². The highest BCUT2D eigenvalue weighted by Crippen LogP contribution is 2.41. The van der Waals surface area contributed by atoms with E-state index in [9.17, 15) is 0 Å². The molecule has 1 saturated carbocycles. The molecule has 1 aliphatic rings. The average Bonchev–Trinajstić information content (AvgIpc) is 2.32. The van der Waals surface area contributed by atoms with E-state index in [1.54, 1.807) is 0 Å². The fourth-order valence-corrected chi connectivity index (χ4v) is 2.51. The molecular weight excluding hydrogens is 132 g/mol. The summed E-state index contributed by atoms with van der Waals surface area (Å²) in [5.41, 5.74) is 0. The minimum Gasteiger partial charge on any atom is -0.0651 e. The van der Waals surface area contributed by atoms with E-state index < -0.39 is 0 Å². The summed E-state index contributed by atoms with van der Waals surface area (Å²) in [4.78, 5) is 0. The van der Waals surface area contributed by atoms with Gasteiger partial charge in [-0.3, -0.25) is 0 Å². The summed E-state index contributed by atoms with van der Waals surface area (Å²) < 4.78 is 0. The normalized spacial score (nSPS) is 40.9. The Morgan fingerprint density at radius 1 is 1.27 bits per heavy atom. The largest absolute Gasteiger partial charge is 0.0651 e. The summed E-state index contributed by atoms with van der Waals surface area (Å²) in [6.45, 7) is 9.58. The first kappa shape index (κ1) is 9.09. The number of hydrogen-bond donors (Lipinski definition) is 0. The van der Waals surface area contributed by atoms with Gasteiger partial charge in [0.25, 0.3) is 0 Å². The SMILES string of the molecule is CCC(C)C1CCC(C)C1C. The van der Waals surface area contributed by atoms with E-state index in [0.717, 1.165) is 23.7 Å². The third-order valence-electron chi connectivity index (χ3n) is 3.90. The maximum absolute atomic E-state index is 2.44. The van der Waals surface area contributed by atoms with Crippen molar-refractivity contribution >= 4 is 0 Å². The highest BCUT2D eigenvalue weighted by Gasteiger charge is 2.32. The molecule has 11 heavy (non-hydrogen) atoms. The van der Waals surface area contributed by atoms with Crippen LogP contribution in [-0.2, 0) is 0 Å². The predicted molar refractivity (Wildman–Crippen MR) is 50.5 cm³/mol. The van der Waals surface area contributed by atoms with Crippen LogP contribution in [0.4, 0.5) is 0 Å². The van der Waals surface area contributed by atoms with E-state index in [0.29, 0.717) is 0 Å². The predicted octanol–water partition coefficient (Wildman–Crippen LogP) is 3.71. The molecule has 1 aliphatic carbocycles. The zero-order valence-corrected chi connectivity index (χ0v) is 8.43. The zero-order chi connectivity index (χ0) is 8.43. The summed E-state index contributed by atoms with van der Waals surface area (Å²) >= 11 is 0. The van der Waals surface area contributed by atoms with E-state index in [2.05, 4.69) is 27.7 Å². The Kier molecular flexibility index (Phi) is 2.98. The van der Waals surface area contributed by atoms with Crippen molar-refractivity contribution in [2.24, 2.45) is 23.7 Å². The van der Waals surface area contributed by atoms with Crippen molar-refractivity contribution in [3.05, 3.63) is 0 Å². The fraction of sp³-hybridized carbons (Fsp3) is 1.00. The van der Waals surface area contributed by atoms with Crippen molar-refractivity contribution in [2.75, 3.05) is 0 Å². The minimum atomic E-state index is 0.954. The Morgan fingerprint density at radius 2 is 1.91 bits per heavy atom. The number of hydrogen-bond acceptors (Lipinski definition) is 0. The van der Waals surface area contributed by atoms with Gasteiger partial charge in [-0.25, -0.2) is 0 Å². The second kappa shape index (κ2) is 3.60. The van der Waals surface area contributed by atoms with E-state index in [1.807, 2.05) is 0 Å². The molecule has 0 amide bonds. The van der Waals surface area contributed by atoms with Crippen LogP contribution in [-0.4, -0.2) is 0 Å². The highest BCUT2D eigenvalue weighted by molar-refractivity contribution is 4.82. The maximum Gasteiger partial charge on any atom is -0.0360 e. The molecule has 0 aromatic heterocycles. The molecule has 0 bridgehead atoms. The smallest absolute Gasteiger partial charge is 0.0360 e. The lowest BCUT2D eigenvalue weighted by atomic mass is 9.82. The quantitative estimate of drug-likeness (QED) is 0.568. The molecular formula is C11H22. The van der Waals surface area contributed by atoms with E-state index in [-0.39, 0.29) is 0 Å². The molecule has 1 fully saturated rings. The van der Waals surface area contributed by atoms with Gasteiger partial charge in [-0.05, 0) is 30.1 Å². The van der Waals surface area contributed by atoms with Gasteiger partial charge in [0.1, 0.15) is 0 Å². The van der Waals surface area contributed by atoms with Crippen LogP contribution in [0.15, 0.2) is 0 Å². The van der Waals surface area contributed by atoms with Gasteiger partial charge in [-0.2, -0.15) is 0 Å². The molecule has 0 nitrogen and oxygen atoms in total. The second-order valence-corrected chi connectivity index (χ2v) is 4.46. The van der Waals surface area contributed by atoms with Gasteiger partial charge in [0.2, 0.25) is 0 Å². The summed E-state index contributed by atoms with van der Waals surface area (Å²) in [6.07, 6.45) is 4.31. The third-order valence-corrected chi connectivity index (χ3v) is 3.90. The maximum atomic E-state index is 2.44. The third kappa shape index (κ3) is 1.77. The lowest BCUT2D eigenvalue weighted by molar-refractivity contribution is 0.261. The van der Waals surface area contributed by atoms with Gasteiger partial charge < -0.3 is 0 Å². The van der Waals surface area contributed by atoms with Crippen molar-refractivity contribution in [1.82, 2.24) is 0 Å². The summed E-state index contributed by atoms with van der Waals surface area (Å²) in [5.74, 6) is 3.93. The van der Waals surface area contributed by atoms with Crippen LogP contribution in [0, 0.1) is 23.7 Å². The molecule has 0 heteroatoms. The first-order valence-corrected chi connectivity index (χ1v) is 5.16. The summed E-state index contributed by atoms with van der Waals surface area (Å²) in [5, 5.41) is 0. The van der Waals surface area contributed by atoms with Crippen molar-refractivity contribution in [1.29, 1.82) is 0 Å². The second-order valence-electron chi connectivity index (χ2n) is 4.46. The Balaban J connectivity index is 2.47. The monoisotopic (exact) mass is 154 g/mol. The molecule has 4 unspecified atom stereocenters. The molecule has 0 spiro atoms. The minimum absolute atomic E-state index is 0.954. The summed E-state index contributed by atoms with van der Waals surface area (Å²) in [7, 11) is 0. The summed E-state index contributed by atoms with van der Waals surface area (Å²) in [6, 6.07) is 0. The molecule has 1 rings (SSSR count). The molecule has 0 aromatic carbocycles. The first-order chi connectivity index (χ1) is 5.16. The lowest BCUT2D eigenvalue weighted by Crippen LogP contribution is -2.16. The molecule has 0 aromatic rings. The Morgan fingerprint density at radius 3 is 2.27 bits per heavy atom. The average molecular weight is 154 g/mol. The van der Waals surface area contributed by atoms with Gasteiger partial charge in [-0.15, -0.1) is 0 Å². The Labute approximate surface area is 71.4 Å². The zero-order valence-electron chi connectivity index (χ0n) is 8.43. The molecule has 0 N–H and O–H groups in total. The van der Waals surface area contributed by atoms with Gasteiger partial charge >= 0.3 is 0 Å². The molecule has 0 radical (unpaired) electrons. The van der Waals surface area contributed by atoms with Crippen LogP contribution < -0.4 is 0 Å². The van der Waals surface area contributed by atoms with Crippen molar-refractivity contribution < 1.29 is 0 Å². The van der Waals surface area contributed by atoms with Crippen molar-refractivity contribution in [3.63, 3.8) is 0 Å². The lowest BCUT2D eigenvalue weighted by Gasteiger charge is -2.23. The Bertz CT molecular complexity index is 117. The van der Waals surface area contributed by atoms with Crippen LogP contribution in [0.25, 0.3) is 0 Å². The molecule has 4 atom stereocenters. The standard InChI is InChI=1S/C11H22/c1-5-8(2)11-7-6-9(3)10(11)4/h8-11H,5-7H2,1-4H3. The van der Waals surface area contributed by atoms with Gasteiger partial charge in [0.15, 0.2) is 0 Å². The number of rotatable bonds is 2. The van der Waals surface area contributed by atoms with Crippen LogP contribution in [0.1, 0.15) is 47.0 Å². The first-order valence-electron chi connectivity index (χ1n) is 5.16. The van der Waals surface area contributed by atoms with Crippen molar-refractivity contribution in [3.8, 4) is 0 Å². The molecule has 0 saturated heterocycles. The fourth-order valence-electron chi connectivity index (χ4n) is 2.51. The van der Waals surface area contributed by atoms with Crippen molar-refractivity contribution in [2.45, 2.75) is 47.0 Å². The van der Waals surface area contributed by atoms with Gasteiger partial charge in [-0.1, -0.05) is 40.5 Å². The highest BCUT2D eigenvalue weighted by atomic mass is 14.4. The van der Waals surface area contributed by atoms with Gasteiger partial charge in [0.05, 0.1) is 0 Å². The molecule has 0 heterocycles. The van der Waals surface area contributed by atoms with E-state index in [4.69, 9.17) is 0 Å². The van der Waals surface area contributed by atoms with Crippen LogP contribution in [0.2, 0.25) is 0 Å². The van der Waals surface area contributed by atoms with Crippen LogP contribution in [0.5, 0.6) is 0 Å². The van der Waals surface area contributed by atoms with Gasteiger partial charge in [0, 0.05) is 0 Å². The molecule has 66 valence electrons. The van der Waals surface area contributed by atoms with Crippen LogP contribution in [0.3, 0.4) is 0 Å². The topological polar surface area (TPSA) is 0 Å². The van der Waals surface area contributed by atoms with E-state index in [1.165, 1.54) is 19.3 Å². The van der Waals surface area contributed by atoms with E-state index >= 15 is 0 Å². The molecule has 0 aliphatic heterocycles.